The van der Waals surface area contributed by atoms with Crippen LogP contribution in [0.4, 0.5) is 10.3 Å². The van der Waals surface area contributed by atoms with Crippen molar-refractivity contribution in [2.45, 2.75) is 6.92 Å². The van der Waals surface area contributed by atoms with E-state index >= 15 is 0 Å². The Morgan fingerprint density at radius 3 is 2.44 bits per heavy atom. The fourth-order valence-electron chi connectivity index (χ4n) is 4.02. The van der Waals surface area contributed by atoms with Crippen LogP contribution in [-0.4, -0.2) is 53.4 Å². The second-order valence-electron chi connectivity index (χ2n) is 8.01. The molecule has 0 atom stereocenters. The first-order valence-corrected chi connectivity index (χ1v) is 11.5. The number of carbonyl (C=O) groups excluding carboxylic acids is 1. The molecule has 2 aromatic carbocycles. The van der Waals surface area contributed by atoms with Crippen molar-refractivity contribution in [2.75, 3.05) is 37.6 Å². The van der Waals surface area contributed by atoms with Crippen LogP contribution in [0.25, 0.3) is 21.5 Å². The fourth-order valence-corrected chi connectivity index (χ4v) is 4.90. The lowest BCUT2D eigenvalue weighted by molar-refractivity contribution is 0.0926. The van der Waals surface area contributed by atoms with Crippen molar-refractivity contribution in [3.63, 3.8) is 0 Å². The first-order chi connectivity index (χ1) is 15.6. The molecule has 5 rings (SSSR count). The fraction of sp³-hybridized carbons (Fsp3) is 0.240. The molecule has 0 radical (unpaired) electrons. The lowest BCUT2D eigenvalue weighted by Crippen LogP contribution is -2.48. The second kappa shape index (κ2) is 8.76. The number of rotatable bonds is 5. The van der Waals surface area contributed by atoms with Crippen molar-refractivity contribution < 1.29 is 9.18 Å². The lowest BCUT2D eigenvalue weighted by atomic mass is 10.1. The van der Waals surface area contributed by atoms with Crippen molar-refractivity contribution >= 4 is 33.3 Å². The molecule has 1 saturated heterocycles. The van der Waals surface area contributed by atoms with Crippen molar-refractivity contribution in [1.82, 2.24) is 14.9 Å². The molecule has 0 saturated carbocycles. The van der Waals surface area contributed by atoms with Gasteiger partial charge in [0.1, 0.15) is 10.6 Å². The maximum Gasteiger partial charge on any atom is 0.227 e. The van der Waals surface area contributed by atoms with Crippen LogP contribution < -0.4 is 4.90 Å². The first kappa shape index (κ1) is 20.7. The number of ketones is 1. The van der Waals surface area contributed by atoms with Gasteiger partial charge in [0, 0.05) is 47.6 Å². The smallest absolute Gasteiger partial charge is 0.227 e. The van der Waals surface area contributed by atoms with Crippen molar-refractivity contribution in [2.24, 2.45) is 0 Å². The number of nitrogens with zero attached hydrogens (tertiary/aromatic N) is 4. The van der Waals surface area contributed by atoms with Gasteiger partial charge in [-0.2, -0.15) is 0 Å². The van der Waals surface area contributed by atoms with Gasteiger partial charge in [0.05, 0.1) is 12.2 Å². The Kier molecular flexibility index (Phi) is 5.68. The number of aromatic nitrogens is 2. The average molecular weight is 447 g/mol. The number of hydrogen-bond donors (Lipinski definition) is 0. The largest absolute Gasteiger partial charge is 0.338 e. The summed E-state index contributed by atoms with van der Waals surface area (Å²) in [6.45, 7) is 5.43. The first-order valence-electron chi connectivity index (χ1n) is 10.7. The van der Waals surface area contributed by atoms with E-state index in [2.05, 4.69) is 34.9 Å². The van der Waals surface area contributed by atoms with Crippen molar-refractivity contribution in [3.05, 3.63) is 76.9 Å². The topological polar surface area (TPSA) is 49.3 Å². The van der Waals surface area contributed by atoms with Gasteiger partial charge in [-0.25, -0.2) is 14.4 Å². The van der Waals surface area contributed by atoms with Crippen molar-refractivity contribution in [1.29, 1.82) is 0 Å². The molecule has 0 aliphatic carbocycles. The minimum absolute atomic E-state index is 0.0107. The van der Waals surface area contributed by atoms with Gasteiger partial charge in [0.2, 0.25) is 5.95 Å². The number of piperazine rings is 1. The predicted molar refractivity (Wildman–Crippen MR) is 127 cm³/mol. The van der Waals surface area contributed by atoms with Crippen LogP contribution in [0.15, 0.2) is 60.7 Å². The predicted octanol–water partition coefficient (Wildman–Crippen LogP) is 4.81. The minimum Gasteiger partial charge on any atom is -0.338 e. The Bertz CT molecular complexity index is 1250. The van der Waals surface area contributed by atoms with Gasteiger partial charge >= 0.3 is 0 Å². The Labute approximate surface area is 190 Å². The van der Waals surface area contributed by atoms with Crippen LogP contribution in [0.2, 0.25) is 0 Å². The third-order valence-electron chi connectivity index (χ3n) is 5.74. The van der Waals surface area contributed by atoms with Crippen LogP contribution in [0, 0.1) is 12.7 Å². The van der Waals surface area contributed by atoms with Crippen LogP contribution in [0.5, 0.6) is 0 Å². The number of aryl methyl sites for hydroxylation is 1. The van der Waals surface area contributed by atoms with Gasteiger partial charge in [-0.15, -0.1) is 11.3 Å². The molecule has 0 bridgehead atoms. The van der Waals surface area contributed by atoms with Gasteiger partial charge < -0.3 is 4.90 Å². The lowest BCUT2D eigenvalue weighted by Gasteiger charge is -2.34. The van der Waals surface area contributed by atoms with Gasteiger partial charge in [-0.3, -0.25) is 9.69 Å². The highest BCUT2D eigenvalue weighted by atomic mass is 32.1. The van der Waals surface area contributed by atoms with E-state index in [1.807, 2.05) is 18.2 Å². The number of halogens is 1. The standard InChI is InChI=1S/C25H23FN4OS/c1-17-15-21-23(19-5-3-2-4-6-19)27-25(28-24(21)32-17)30-13-11-29(12-14-30)16-22(31)18-7-9-20(26)10-8-18/h2-10,15H,11-14,16H2,1H3. The summed E-state index contributed by atoms with van der Waals surface area (Å²) in [5.41, 5.74) is 2.59. The zero-order valence-corrected chi connectivity index (χ0v) is 18.6. The number of hydrogen-bond acceptors (Lipinski definition) is 6. The van der Waals surface area contributed by atoms with E-state index < -0.39 is 0 Å². The van der Waals surface area contributed by atoms with Gasteiger partial charge in [-0.05, 0) is 37.3 Å². The Hall–Kier alpha value is -3.16. The van der Waals surface area contributed by atoms with E-state index in [0.29, 0.717) is 12.1 Å². The normalized spacial score (nSPS) is 14.8. The molecule has 0 N–H and O–H groups in total. The molecule has 32 heavy (non-hydrogen) atoms. The Balaban J connectivity index is 1.33. The van der Waals surface area contributed by atoms with Gasteiger partial charge in [0.25, 0.3) is 0 Å². The highest BCUT2D eigenvalue weighted by Gasteiger charge is 2.23. The summed E-state index contributed by atoms with van der Waals surface area (Å²) < 4.78 is 13.1. The van der Waals surface area contributed by atoms with E-state index in [0.717, 1.165) is 53.6 Å². The molecule has 1 aliphatic rings. The molecule has 5 nitrogen and oxygen atoms in total. The van der Waals surface area contributed by atoms with E-state index in [-0.39, 0.29) is 11.6 Å². The molecule has 1 fully saturated rings. The average Bonchev–Trinajstić information content (AvgIpc) is 3.20. The second-order valence-corrected chi connectivity index (χ2v) is 9.24. The molecule has 4 aromatic rings. The molecule has 0 spiro atoms. The van der Waals surface area contributed by atoms with E-state index in [1.54, 1.807) is 23.5 Å². The molecule has 2 aromatic heterocycles. The van der Waals surface area contributed by atoms with Crippen LogP contribution >= 0.6 is 11.3 Å². The molecule has 7 heteroatoms. The third-order valence-corrected chi connectivity index (χ3v) is 6.68. The summed E-state index contributed by atoms with van der Waals surface area (Å²) in [5.74, 6) is 0.419. The summed E-state index contributed by atoms with van der Waals surface area (Å²) >= 11 is 1.69. The number of benzene rings is 2. The van der Waals surface area contributed by atoms with Crippen LogP contribution in [0.1, 0.15) is 15.2 Å². The molecule has 3 heterocycles. The number of anilines is 1. The van der Waals surface area contributed by atoms with Crippen LogP contribution in [-0.2, 0) is 0 Å². The van der Waals surface area contributed by atoms with E-state index in [9.17, 15) is 9.18 Å². The SMILES string of the molecule is Cc1cc2c(-c3ccccc3)nc(N3CCN(CC(=O)c4ccc(F)cc4)CC3)nc2s1. The van der Waals surface area contributed by atoms with Gasteiger partial charge in [0.15, 0.2) is 5.78 Å². The zero-order valence-electron chi connectivity index (χ0n) is 17.8. The summed E-state index contributed by atoms with van der Waals surface area (Å²) in [6.07, 6.45) is 0. The Morgan fingerprint density at radius 1 is 1.00 bits per heavy atom. The zero-order chi connectivity index (χ0) is 22.1. The van der Waals surface area contributed by atoms with E-state index in [1.165, 1.54) is 17.0 Å². The quantitative estimate of drug-likeness (QED) is 0.412. The maximum absolute atomic E-state index is 13.1. The molecule has 0 amide bonds. The number of Topliss-reactive ketones (excluding diaryl/α,β-unsaturated/α-hetero) is 1. The summed E-state index contributed by atoms with van der Waals surface area (Å²) in [4.78, 5) is 28.9. The number of carbonyl (C=O) groups is 1. The highest BCUT2D eigenvalue weighted by Crippen LogP contribution is 2.33. The van der Waals surface area contributed by atoms with Crippen molar-refractivity contribution in [3.8, 4) is 11.3 Å². The van der Waals surface area contributed by atoms with E-state index in [4.69, 9.17) is 9.97 Å². The van der Waals surface area contributed by atoms with Gasteiger partial charge in [-0.1, -0.05) is 30.3 Å². The summed E-state index contributed by atoms with van der Waals surface area (Å²) in [7, 11) is 0. The number of fused-ring (bicyclic) bond motifs is 1. The molecular formula is C25H23FN4OS. The highest BCUT2D eigenvalue weighted by molar-refractivity contribution is 7.18. The molecule has 162 valence electrons. The monoisotopic (exact) mass is 446 g/mol. The Morgan fingerprint density at radius 2 is 1.72 bits per heavy atom. The molecule has 0 unspecified atom stereocenters. The maximum atomic E-state index is 13.1. The molecule has 1 aliphatic heterocycles. The third kappa shape index (κ3) is 4.26. The van der Waals surface area contributed by atoms with Crippen LogP contribution in [0.3, 0.4) is 0 Å². The number of thiophene rings is 1. The summed E-state index contributed by atoms with van der Waals surface area (Å²) in [6, 6.07) is 18.1. The minimum atomic E-state index is -0.331. The summed E-state index contributed by atoms with van der Waals surface area (Å²) in [5, 5.41) is 1.09. The molecular weight excluding hydrogens is 423 g/mol.